The molecule has 0 saturated heterocycles. The van der Waals surface area contributed by atoms with Crippen LogP contribution >= 0.6 is 11.6 Å². The summed E-state index contributed by atoms with van der Waals surface area (Å²) in [6, 6.07) is 4.25. The minimum Gasteiger partial charge on any atom is -0.388 e. The molecule has 0 bridgehead atoms. The zero-order valence-corrected chi connectivity index (χ0v) is 12.5. The van der Waals surface area contributed by atoms with Crippen LogP contribution in [0.1, 0.15) is 37.7 Å². The molecule has 0 heterocycles. The standard InChI is InChI=1S/C16H19ClFNO2/c17-13-10-12(4-6-14(13)18)5-7-15(20)19-11-16(21)8-2-1-3-9-16/h4-7,10,21H,1-3,8-9,11H2,(H,19,20). The van der Waals surface area contributed by atoms with Crippen LogP contribution < -0.4 is 5.32 Å². The fraction of sp³-hybridized carbons (Fsp3) is 0.438. The molecule has 114 valence electrons. The molecule has 5 heteroatoms. The van der Waals surface area contributed by atoms with E-state index in [0.717, 1.165) is 32.1 Å². The van der Waals surface area contributed by atoms with Crippen molar-refractivity contribution in [3.05, 3.63) is 40.7 Å². The predicted molar refractivity (Wildman–Crippen MR) is 81.5 cm³/mol. The first-order valence-corrected chi connectivity index (χ1v) is 7.50. The third-order valence-electron chi connectivity index (χ3n) is 3.75. The number of halogens is 2. The molecular weight excluding hydrogens is 293 g/mol. The molecule has 21 heavy (non-hydrogen) atoms. The molecule has 0 spiro atoms. The van der Waals surface area contributed by atoms with Gasteiger partial charge in [0.15, 0.2) is 0 Å². The minimum atomic E-state index is -0.777. The van der Waals surface area contributed by atoms with E-state index in [4.69, 9.17) is 11.6 Å². The van der Waals surface area contributed by atoms with Crippen LogP contribution in [-0.2, 0) is 4.79 Å². The highest BCUT2D eigenvalue weighted by atomic mass is 35.5. The lowest BCUT2D eigenvalue weighted by molar-refractivity contribution is -0.118. The Bertz CT molecular complexity index is 539. The third-order valence-corrected chi connectivity index (χ3v) is 4.04. The first-order chi connectivity index (χ1) is 9.98. The van der Waals surface area contributed by atoms with E-state index in [-0.39, 0.29) is 17.5 Å². The van der Waals surface area contributed by atoms with E-state index in [9.17, 15) is 14.3 Å². The highest BCUT2D eigenvalue weighted by Gasteiger charge is 2.29. The summed E-state index contributed by atoms with van der Waals surface area (Å²) in [6.45, 7) is 0.264. The average molecular weight is 312 g/mol. The monoisotopic (exact) mass is 311 g/mol. The van der Waals surface area contributed by atoms with Gasteiger partial charge in [0.2, 0.25) is 5.91 Å². The zero-order valence-electron chi connectivity index (χ0n) is 11.7. The quantitative estimate of drug-likeness (QED) is 0.838. The topological polar surface area (TPSA) is 49.3 Å². The van der Waals surface area contributed by atoms with Gasteiger partial charge in [-0.2, -0.15) is 0 Å². The van der Waals surface area contributed by atoms with Crippen molar-refractivity contribution < 1.29 is 14.3 Å². The second-order valence-electron chi connectivity index (χ2n) is 5.51. The molecular formula is C16H19ClFNO2. The normalized spacial score (nSPS) is 17.9. The summed E-state index contributed by atoms with van der Waals surface area (Å²) >= 11 is 5.67. The van der Waals surface area contributed by atoms with E-state index in [1.165, 1.54) is 18.2 Å². The van der Waals surface area contributed by atoms with E-state index in [2.05, 4.69) is 5.32 Å². The smallest absolute Gasteiger partial charge is 0.244 e. The van der Waals surface area contributed by atoms with Gasteiger partial charge in [0.05, 0.1) is 10.6 Å². The molecule has 1 aromatic rings. The van der Waals surface area contributed by atoms with Gasteiger partial charge in [-0.25, -0.2) is 4.39 Å². The van der Waals surface area contributed by atoms with E-state index in [1.807, 2.05) is 0 Å². The Morgan fingerprint density at radius 3 is 2.76 bits per heavy atom. The van der Waals surface area contributed by atoms with Gasteiger partial charge in [-0.3, -0.25) is 4.79 Å². The molecule has 3 nitrogen and oxygen atoms in total. The van der Waals surface area contributed by atoms with Crippen LogP contribution in [-0.4, -0.2) is 23.2 Å². The molecule has 0 radical (unpaired) electrons. The number of amides is 1. The minimum absolute atomic E-state index is 0.0223. The van der Waals surface area contributed by atoms with Gasteiger partial charge in [0.1, 0.15) is 5.82 Å². The van der Waals surface area contributed by atoms with Crippen molar-refractivity contribution in [1.29, 1.82) is 0 Å². The Morgan fingerprint density at radius 1 is 1.38 bits per heavy atom. The summed E-state index contributed by atoms with van der Waals surface area (Å²) in [7, 11) is 0. The SMILES string of the molecule is O=C(C=Cc1ccc(F)c(Cl)c1)NCC1(O)CCCCC1. The van der Waals surface area contributed by atoms with E-state index in [0.29, 0.717) is 5.56 Å². The van der Waals surface area contributed by atoms with Gasteiger partial charge in [-0.15, -0.1) is 0 Å². The molecule has 2 rings (SSSR count). The van der Waals surface area contributed by atoms with Crippen LogP contribution in [0.3, 0.4) is 0 Å². The number of hydrogen-bond acceptors (Lipinski definition) is 2. The van der Waals surface area contributed by atoms with E-state index < -0.39 is 11.4 Å². The van der Waals surface area contributed by atoms with Crippen LogP contribution in [0.25, 0.3) is 6.08 Å². The van der Waals surface area contributed by atoms with Crippen molar-refractivity contribution >= 4 is 23.6 Å². The van der Waals surface area contributed by atoms with Crippen LogP contribution in [0.5, 0.6) is 0 Å². The van der Waals surface area contributed by atoms with Crippen LogP contribution in [0.2, 0.25) is 5.02 Å². The van der Waals surface area contributed by atoms with Gasteiger partial charge in [0.25, 0.3) is 0 Å². The number of benzene rings is 1. The molecule has 0 aromatic heterocycles. The third kappa shape index (κ3) is 4.83. The largest absolute Gasteiger partial charge is 0.388 e. The lowest BCUT2D eigenvalue weighted by Crippen LogP contribution is -2.43. The van der Waals surface area contributed by atoms with Crippen molar-refractivity contribution in [3.63, 3.8) is 0 Å². The zero-order chi connectivity index (χ0) is 15.3. The van der Waals surface area contributed by atoms with Gasteiger partial charge < -0.3 is 10.4 Å². The number of nitrogens with one attached hydrogen (secondary N) is 1. The van der Waals surface area contributed by atoms with E-state index >= 15 is 0 Å². The predicted octanol–water partition coefficient (Wildman–Crippen LogP) is 3.30. The molecule has 1 aromatic carbocycles. The second-order valence-corrected chi connectivity index (χ2v) is 5.92. The Kier molecular flexibility index (Phi) is 5.37. The highest BCUT2D eigenvalue weighted by Crippen LogP contribution is 2.27. The number of hydrogen-bond donors (Lipinski definition) is 2. The molecule has 1 aliphatic rings. The van der Waals surface area contributed by atoms with Gasteiger partial charge in [-0.05, 0) is 36.6 Å². The molecule has 1 saturated carbocycles. The second kappa shape index (κ2) is 7.05. The lowest BCUT2D eigenvalue weighted by Gasteiger charge is -2.31. The molecule has 1 fully saturated rings. The number of carbonyl (C=O) groups is 1. The van der Waals surface area contributed by atoms with Crippen LogP contribution in [0, 0.1) is 5.82 Å². The molecule has 0 unspecified atom stereocenters. The lowest BCUT2D eigenvalue weighted by atomic mass is 9.85. The Hall–Kier alpha value is -1.39. The van der Waals surface area contributed by atoms with Crippen molar-refractivity contribution in [2.45, 2.75) is 37.7 Å². The summed E-state index contributed by atoms with van der Waals surface area (Å²) in [5.74, 6) is -0.771. The summed E-state index contributed by atoms with van der Waals surface area (Å²) in [5, 5.41) is 13.0. The summed E-state index contributed by atoms with van der Waals surface area (Å²) in [6.07, 6.45) is 7.50. The van der Waals surface area contributed by atoms with Crippen LogP contribution in [0.15, 0.2) is 24.3 Å². The van der Waals surface area contributed by atoms with Crippen molar-refractivity contribution in [3.8, 4) is 0 Å². The van der Waals surface area contributed by atoms with E-state index in [1.54, 1.807) is 12.1 Å². The molecule has 2 N–H and O–H groups in total. The number of aliphatic hydroxyl groups is 1. The van der Waals surface area contributed by atoms with Gasteiger partial charge in [0, 0.05) is 12.6 Å². The molecule has 0 aliphatic heterocycles. The fourth-order valence-electron chi connectivity index (χ4n) is 2.49. The summed E-state index contributed by atoms with van der Waals surface area (Å²) in [5.41, 5.74) is -0.131. The molecule has 1 amide bonds. The number of rotatable bonds is 4. The Morgan fingerprint density at radius 2 is 2.10 bits per heavy atom. The Balaban J connectivity index is 1.86. The molecule has 1 aliphatic carbocycles. The van der Waals surface area contributed by atoms with Crippen molar-refractivity contribution in [2.75, 3.05) is 6.54 Å². The number of carbonyl (C=O) groups excluding carboxylic acids is 1. The first-order valence-electron chi connectivity index (χ1n) is 7.12. The van der Waals surface area contributed by atoms with Crippen molar-refractivity contribution in [2.24, 2.45) is 0 Å². The molecule has 0 atom stereocenters. The van der Waals surface area contributed by atoms with Gasteiger partial charge >= 0.3 is 0 Å². The maximum Gasteiger partial charge on any atom is 0.244 e. The average Bonchev–Trinajstić information content (AvgIpc) is 2.47. The fourth-order valence-corrected chi connectivity index (χ4v) is 2.67. The maximum atomic E-state index is 13.0. The first kappa shape index (κ1) is 16.0. The maximum absolute atomic E-state index is 13.0. The Labute approximate surface area is 128 Å². The summed E-state index contributed by atoms with van der Waals surface area (Å²) in [4.78, 5) is 11.7. The summed E-state index contributed by atoms with van der Waals surface area (Å²) < 4.78 is 13.0. The van der Waals surface area contributed by atoms with Gasteiger partial charge in [-0.1, -0.05) is 36.9 Å². The van der Waals surface area contributed by atoms with Crippen LogP contribution in [0.4, 0.5) is 4.39 Å². The highest BCUT2D eigenvalue weighted by molar-refractivity contribution is 6.30. The van der Waals surface area contributed by atoms with Crippen molar-refractivity contribution in [1.82, 2.24) is 5.32 Å².